The van der Waals surface area contributed by atoms with E-state index in [4.69, 9.17) is 22.1 Å². The molecule has 0 aliphatic heterocycles. The molecule has 0 unspecified atom stereocenters. The predicted octanol–water partition coefficient (Wildman–Crippen LogP) is 2.60. The highest BCUT2D eigenvalue weighted by Gasteiger charge is 2.02. The van der Waals surface area contributed by atoms with Gasteiger partial charge in [-0.15, -0.1) is 0 Å². The molecule has 0 saturated carbocycles. The lowest BCUT2D eigenvalue weighted by molar-refractivity contribution is 0.295. The molecule has 1 aromatic heterocycles. The zero-order valence-electron chi connectivity index (χ0n) is 9.35. The quantitative estimate of drug-likeness (QED) is 0.671. The highest BCUT2D eigenvalue weighted by atomic mass is 35.5. The van der Waals surface area contributed by atoms with Crippen molar-refractivity contribution in [3.05, 3.63) is 47.0 Å². The standard InChI is InChI=1S/C12H12ClN3O/c1-8-5-11(13)16-12(15-8)7-17-10-4-2-3-9(14)6-10/h2-6H,7,14H2,1H3. The number of anilines is 1. The first-order valence-electron chi connectivity index (χ1n) is 5.12. The van der Waals surface area contributed by atoms with E-state index in [0.717, 1.165) is 5.69 Å². The SMILES string of the molecule is Cc1cc(Cl)nc(COc2cccc(N)c2)n1. The molecule has 0 atom stereocenters. The Kier molecular flexibility index (Phi) is 3.44. The Hall–Kier alpha value is -1.81. The summed E-state index contributed by atoms with van der Waals surface area (Å²) in [6.07, 6.45) is 0. The highest BCUT2D eigenvalue weighted by molar-refractivity contribution is 6.29. The van der Waals surface area contributed by atoms with Gasteiger partial charge >= 0.3 is 0 Å². The summed E-state index contributed by atoms with van der Waals surface area (Å²) in [7, 11) is 0. The molecule has 0 amide bonds. The van der Waals surface area contributed by atoms with Gasteiger partial charge in [-0.1, -0.05) is 17.7 Å². The molecule has 0 fully saturated rings. The first-order chi connectivity index (χ1) is 8.13. The minimum Gasteiger partial charge on any atom is -0.486 e. The summed E-state index contributed by atoms with van der Waals surface area (Å²) in [4.78, 5) is 8.29. The molecule has 0 aliphatic carbocycles. The summed E-state index contributed by atoms with van der Waals surface area (Å²) < 4.78 is 5.52. The van der Waals surface area contributed by atoms with Crippen LogP contribution in [0.2, 0.25) is 5.15 Å². The average Bonchev–Trinajstić information content (AvgIpc) is 2.25. The van der Waals surface area contributed by atoms with Crippen LogP contribution in [0.15, 0.2) is 30.3 Å². The molecular formula is C12H12ClN3O. The number of halogens is 1. The zero-order valence-corrected chi connectivity index (χ0v) is 10.1. The van der Waals surface area contributed by atoms with E-state index in [0.29, 0.717) is 22.4 Å². The molecular weight excluding hydrogens is 238 g/mol. The summed E-state index contributed by atoms with van der Waals surface area (Å²) in [5.41, 5.74) is 7.12. The molecule has 88 valence electrons. The van der Waals surface area contributed by atoms with Crippen LogP contribution in [0.3, 0.4) is 0 Å². The van der Waals surface area contributed by atoms with Crippen LogP contribution in [-0.4, -0.2) is 9.97 Å². The van der Waals surface area contributed by atoms with E-state index in [2.05, 4.69) is 9.97 Å². The van der Waals surface area contributed by atoms with Gasteiger partial charge < -0.3 is 10.5 Å². The minimum atomic E-state index is 0.269. The fourth-order valence-electron chi connectivity index (χ4n) is 1.41. The van der Waals surface area contributed by atoms with Gasteiger partial charge in [0.15, 0.2) is 5.82 Å². The van der Waals surface area contributed by atoms with Crippen LogP contribution in [0.5, 0.6) is 5.75 Å². The van der Waals surface area contributed by atoms with Gasteiger partial charge in [-0.25, -0.2) is 9.97 Å². The Morgan fingerprint density at radius 3 is 2.82 bits per heavy atom. The van der Waals surface area contributed by atoms with Crippen molar-refractivity contribution in [1.82, 2.24) is 9.97 Å². The molecule has 2 rings (SSSR count). The van der Waals surface area contributed by atoms with E-state index >= 15 is 0 Å². The van der Waals surface area contributed by atoms with Crippen molar-refractivity contribution in [2.45, 2.75) is 13.5 Å². The number of benzene rings is 1. The molecule has 0 radical (unpaired) electrons. The number of hydrogen-bond acceptors (Lipinski definition) is 4. The van der Waals surface area contributed by atoms with E-state index in [1.54, 1.807) is 18.2 Å². The van der Waals surface area contributed by atoms with Crippen molar-refractivity contribution in [2.75, 3.05) is 5.73 Å². The second-order valence-corrected chi connectivity index (χ2v) is 4.00. The summed E-state index contributed by atoms with van der Waals surface area (Å²) in [6, 6.07) is 8.90. The summed E-state index contributed by atoms with van der Waals surface area (Å²) in [6.45, 7) is 2.13. The molecule has 1 heterocycles. The van der Waals surface area contributed by atoms with Crippen LogP contribution in [-0.2, 0) is 6.61 Å². The molecule has 17 heavy (non-hydrogen) atoms. The van der Waals surface area contributed by atoms with E-state index in [9.17, 15) is 0 Å². The molecule has 5 heteroatoms. The second kappa shape index (κ2) is 5.01. The van der Waals surface area contributed by atoms with Crippen LogP contribution < -0.4 is 10.5 Å². The van der Waals surface area contributed by atoms with Crippen molar-refractivity contribution in [1.29, 1.82) is 0 Å². The molecule has 0 spiro atoms. The number of nitrogens with two attached hydrogens (primary N) is 1. The lowest BCUT2D eigenvalue weighted by Crippen LogP contribution is -2.03. The zero-order chi connectivity index (χ0) is 12.3. The van der Waals surface area contributed by atoms with Crippen LogP contribution in [0, 0.1) is 6.92 Å². The number of aromatic nitrogens is 2. The van der Waals surface area contributed by atoms with Gasteiger partial charge in [-0.05, 0) is 25.1 Å². The fraction of sp³-hybridized carbons (Fsp3) is 0.167. The van der Waals surface area contributed by atoms with Gasteiger partial charge in [0, 0.05) is 17.4 Å². The van der Waals surface area contributed by atoms with Gasteiger partial charge in [-0.3, -0.25) is 0 Å². The van der Waals surface area contributed by atoms with E-state index < -0.39 is 0 Å². The van der Waals surface area contributed by atoms with E-state index in [1.165, 1.54) is 0 Å². The molecule has 0 bridgehead atoms. The summed E-state index contributed by atoms with van der Waals surface area (Å²) in [5, 5.41) is 0.420. The monoisotopic (exact) mass is 249 g/mol. The maximum absolute atomic E-state index is 5.83. The number of aryl methyl sites for hydroxylation is 1. The summed E-state index contributed by atoms with van der Waals surface area (Å²) in [5.74, 6) is 1.24. The van der Waals surface area contributed by atoms with Crippen molar-refractivity contribution in [3.63, 3.8) is 0 Å². The van der Waals surface area contributed by atoms with Gasteiger partial charge in [0.25, 0.3) is 0 Å². The number of nitrogen functional groups attached to an aromatic ring is 1. The lowest BCUT2D eigenvalue weighted by Gasteiger charge is -2.06. The lowest BCUT2D eigenvalue weighted by atomic mass is 10.3. The van der Waals surface area contributed by atoms with Crippen LogP contribution in [0.1, 0.15) is 11.5 Å². The summed E-state index contributed by atoms with van der Waals surface area (Å²) >= 11 is 5.83. The topological polar surface area (TPSA) is 61.0 Å². The van der Waals surface area contributed by atoms with Crippen LogP contribution in [0.4, 0.5) is 5.69 Å². The average molecular weight is 250 g/mol. The number of nitrogens with zero attached hydrogens (tertiary/aromatic N) is 2. The third-order valence-corrected chi connectivity index (χ3v) is 2.29. The van der Waals surface area contributed by atoms with Crippen molar-refractivity contribution >= 4 is 17.3 Å². The first kappa shape index (κ1) is 11.7. The Labute approximate surface area is 104 Å². The van der Waals surface area contributed by atoms with Gasteiger partial charge in [-0.2, -0.15) is 0 Å². The molecule has 0 aliphatic rings. The molecule has 2 N–H and O–H groups in total. The fourth-order valence-corrected chi connectivity index (χ4v) is 1.66. The second-order valence-electron chi connectivity index (χ2n) is 3.61. The van der Waals surface area contributed by atoms with Gasteiger partial charge in [0.1, 0.15) is 17.5 Å². The van der Waals surface area contributed by atoms with Crippen molar-refractivity contribution < 1.29 is 4.74 Å². The van der Waals surface area contributed by atoms with Crippen LogP contribution in [0.25, 0.3) is 0 Å². The predicted molar refractivity (Wildman–Crippen MR) is 67.0 cm³/mol. The Morgan fingerprint density at radius 1 is 1.29 bits per heavy atom. The normalized spacial score (nSPS) is 10.2. The Morgan fingerprint density at radius 2 is 2.12 bits per heavy atom. The van der Waals surface area contributed by atoms with Crippen molar-refractivity contribution in [3.8, 4) is 5.75 Å². The molecule has 2 aromatic rings. The van der Waals surface area contributed by atoms with Gasteiger partial charge in [0.05, 0.1) is 0 Å². The third-order valence-electron chi connectivity index (χ3n) is 2.10. The smallest absolute Gasteiger partial charge is 0.167 e. The molecule has 0 saturated heterocycles. The minimum absolute atomic E-state index is 0.269. The van der Waals surface area contributed by atoms with E-state index in [-0.39, 0.29) is 6.61 Å². The Bertz CT molecular complexity index is 511. The van der Waals surface area contributed by atoms with E-state index in [1.807, 2.05) is 19.1 Å². The maximum atomic E-state index is 5.83. The number of ether oxygens (including phenoxy) is 1. The largest absolute Gasteiger partial charge is 0.486 e. The third kappa shape index (κ3) is 3.32. The number of rotatable bonds is 3. The highest BCUT2D eigenvalue weighted by Crippen LogP contribution is 2.16. The number of hydrogen-bond donors (Lipinski definition) is 1. The molecule has 4 nitrogen and oxygen atoms in total. The Balaban J connectivity index is 2.07. The van der Waals surface area contributed by atoms with Crippen LogP contribution >= 0.6 is 11.6 Å². The van der Waals surface area contributed by atoms with Gasteiger partial charge in [0.2, 0.25) is 0 Å². The molecule has 1 aromatic carbocycles. The first-order valence-corrected chi connectivity index (χ1v) is 5.50. The maximum Gasteiger partial charge on any atom is 0.167 e. The van der Waals surface area contributed by atoms with Crippen molar-refractivity contribution in [2.24, 2.45) is 0 Å².